The van der Waals surface area contributed by atoms with Crippen LogP contribution in [0, 0.1) is 6.92 Å². The molecule has 0 unspecified atom stereocenters. The van der Waals surface area contributed by atoms with E-state index in [0.717, 1.165) is 0 Å². The smallest absolute Gasteiger partial charge is 0.174 e. The Morgan fingerprint density at radius 2 is 1.88 bits per heavy atom. The highest BCUT2D eigenvalue weighted by atomic mass is 16.3. The lowest BCUT2D eigenvalue weighted by Gasteiger charge is -1.99. The predicted molar refractivity (Wildman–Crippen MR) is 61.0 cm³/mol. The fourth-order valence-corrected chi connectivity index (χ4v) is 1.56. The summed E-state index contributed by atoms with van der Waals surface area (Å²) < 4.78 is 5.03. The molecule has 0 saturated carbocycles. The van der Waals surface area contributed by atoms with Gasteiger partial charge >= 0.3 is 0 Å². The van der Waals surface area contributed by atoms with Crippen molar-refractivity contribution >= 4 is 11.6 Å². The van der Waals surface area contributed by atoms with E-state index in [2.05, 4.69) is 4.98 Å². The van der Waals surface area contributed by atoms with E-state index < -0.39 is 0 Å². The number of nitrogens with zero attached hydrogens (tertiary/aromatic N) is 1. The third kappa shape index (κ3) is 2.47. The second-order valence-corrected chi connectivity index (χ2v) is 3.65. The fourth-order valence-electron chi connectivity index (χ4n) is 1.56. The van der Waals surface area contributed by atoms with Crippen LogP contribution in [0.1, 0.15) is 32.9 Å². The molecule has 0 amide bonds. The minimum absolute atomic E-state index is 0.148. The van der Waals surface area contributed by atoms with Crippen LogP contribution in [0.5, 0.6) is 0 Å². The quantitative estimate of drug-likeness (QED) is 0.596. The van der Waals surface area contributed by atoms with Gasteiger partial charge < -0.3 is 4.42 Å². The summed E-state index contributed by atoms with van der Waals surface area (Å²) in [6.07, 6.45) is 4.35. The molecule has 4 nitrogen and oxygen atoms in total. The Labute approximate surface area is 98.3 Å². The van der Waals surface area contributed by atoms with Crippen LogP contribution >= 0.6 is 0 Å². The van der Waals surface area contributed by atoms with Crippen LogP contribution < -0.4 is 0 Å². The van der Waals surface area contributed by atoms with Gasteiger partial charge in [-0.2, -0.15) is 0 Å². The summed E-state index contributed by atoms with van der Waals surface area (Å²) in [4.78, 5) is 27.4. The van der Waals surface area contributed by atoms with Crippen molar-refractivity contribution in [3.63, 3.8) is 0 Å². The molecule has 86 valence electrons. The van der Waals surface area contributed by atoms with E-state index in [0.29, 0.717) is 16.9 Å². The van der Waals surface area contributed by atoms with Crippen LogP contribution in [0.3, 0.4) is 0 Å². The van der Waals surface area contributed by atoms with Gasteiger partial charge in [0, 0.05) is 18.0 Å². The van der Waals surface area contributed by atoms with E-state index in [1.165, 1.54) is 18.7 Å². The average molecular weight is 229 g/mol. The third-order valence-electron chi connectivity index (χ3n) is 2.48. The van der Waals surface area contributed by atoms with Gasteiger partial charge in [0.15, 0.2) is 11.6 Å². The van der Waals surface area contributed by atoms with Crippen molar-refractivity contribution in [1.29, 1.82) is 0 Å². The molecule has 0 aliphatic rings. The third-order valence-corrected chi connectivity index (χ3v) is 2.48. The summed E-state index contributed by atoms with van der Waals surface area (Å²) in [7, 11) is 0. The van der Waals surface area contributed by atoms with Crippen molar-refractivity contribution in [1.82, 2.24) is 4.98 Å². The van der Waals surface area contributed by atoms with Crippen molar-refractivity contribution in [3.8, 4) is 0 Å². The first-order valence-corrected chi connectivity index (χ1v) is 5.19. The molecule has 0 radical (unpaired) electrons. The molecule has 4 heteroatoms. The van der Waals surface area contributed by atoms with Crippen LogP contribution in [0.15, 0.2) is 41.3 Å². The molecular formula is C13H11NO3. The summed E-state index contributed by atoms with van der Waals surface area (Å²) in [5.41, 5.74) is 0.960. The summed E-state index contributed by atoms with van der Waals surface area (Å²) >= 11 is 0. The molecule has 2 heterocycles. The number of furan rings is 1. The maximum Gasteiger partial charge on any atom is 0.174 e. The van der Waals surface area contributed by atoms with Gasteiger partial charge in [0.1, 0.15) is 5.76 Å². The normalized spacial score (nSPS) is 10.2. The molecule has 0 aliphatic carbocycles. The number of aryl methyl sites for hydroxylation is 1. The second kappa shape index (κ2) is 4.74. The molecule has 0 fully saturated rings. The SMILES string of the molecule is Cc1occc1C(=O)CC(=O)c1ccncc1. The number of ketones is 2. The summed E-state index contributed by atoms with van der Waals surface area (Å²) in [6, 6.07) is 4.77. The largest absolute Gasteiger partial charge is 0.469 e. The molecule has 0 bridgehead atoms. The first-order valence-electron chi connectivity index (χ1n) is 5.19. The Morgan fingerprint density at radius 3 is 2.47 bits per heavy atom. The highest BCUT2D eigenvalue weighted by Crippen LogP contribution is 2.13. The Bertz CT molecular complexity index is 543. The maximum atomic E-state index is 11.8. The fraction of sp³-hybridized carbons (Fsp3) is 0.154. The summed E-state index contributed by atoms with van der Waals surface area (Å²) in [5, 5.41) is 0. The van der Waals surface area contributed by atoms with E-state index in [1.807, 2.05) is 0 Å². The van der Waals surface area contributed by atoms with Gasteiger partial charge in [0.25, 0.3) is 0 Å². The minimum atomic E-state index is -0.224. The van der Waals surface area contributed by atoms with Gasteiger partial charge in [0.2, 0.25) is 0 Å². The lowest BCUT2D eigenvalue weighted by molar-refractivity contribution is 0.0893. The molecule has 0 aliphatic heterocycles. The van der Waals surface area contributed by atoms with Gasteiger partial charge in [-0.25, -0.2) is 0 Å². The molecule has 0 atom stereocenters. The summed E-state index contributed by atoms with van der Waals surface area (Å²) in [6.45, 7) is 1.70. The van der Waals surface area contributed by atoms with Crippen LogP contribution in [0.2, 0.25) is 0 Å². The summed E-state index contributed by atoms with van der Waals surface area (Å²) in [5.74, 6) is 0.105. The number of carbonyl (C=O) groups excluding carboxylic acids is 2. The van der Waals surface area contributed by atoms with Gasteiger partial charge in [-0.1, -0.05) is 0 Å². The van der Waals surface area contributed by atoms with E-state index >= 15 is 0 Å². The molecule has 17 heavy (non-hydrogen) atoms. The highest BCUT2D eigenvalue weighted by molar-refractivity contribution is 6.13. The molecule has 2 aromatic heterocycles. The number of hydrogen-bond donors (Lipinski definition) is 0. The Balaban J connectivity index is 2.10. The zero-order valence-electron chi connectivity index (χ0n) is 9.34. The number of Topliss-reactive ketones (excluding diaryl/α,β-unsaturated/α-hetero) is 2. The molecule has 0 saturated heterocycles. The van der Waals surface area contributed by atoms with Crippen molar-refractivity contribution in [2.45, 2.75) is 13.3 Å². The molecular weight excluding hydrogens is 218 g/mol. The van der Waals surface area contributed by atoms with E-state index in [-0.39, 0.29) is 18.0 Å². The number of carbonyl (C=O) groups is 2. The van der Waals surface area contributed by atoms with Crippen LogP contribution in [0.4, 0.5) is 0 Å². The predicted octanol–water partition coefficient (Wildman–Crippen LogP) is 2.44. The monoisotopic (exact) mass is 229 g/mol. The number of rotatable bonds is 4. The Morgan fingerprint density at radius 1 is 1.18 bits per heavy atom. The molecule has 0 spiro atoms. The number of pyridine rings is 1. The topological polar surface area (TPSA) is 60.2 Å². The zero-order valence-corrected chi connectivity index (χ0v) is 9.34. The van der Waals surface area contributed by atoms with Gasteiger partial charge in [0.05, 0.1) is 18.2 Å². The first kappa shape index (κ1) is 11.3. The van der Waals surface area contributed by atoms with Crippen molar-refractivity contribution < 1.29 is 14.0 Å². The zero-order chi connectivity index (χ0) is 12.3. The lowest BCUT2D eigenvalue weighted by Crippen LogP contribution is -2.08. The van der Waals surface area contributed by atoms with E-state index in [9.17, 15) is 9.59 Å². The van der Waals surface area contributed by atoms with Crippen molar-refractivity contribution in [3.05, 3.63) is 53.7 Å². The number of hydrogen-bond acceptors (Lipinski definition) is 4. The highest BCUT2D eigenvalue weighted by Gasteiger charge is 2.16. The van der Waals surface area contributed by atoms with Crippen molar-refractivity contribution in [2.24, 2.45) is 0 Å². The molecule has 2 rings (SSSR count). The van der Waals surface area contributed by atoms with Crippen LogP contribution in [-0.2, 0) is 0 Å². The molecule has 0 N–H and O–H groups in total. The minimum Gasteiger partial charge on any atom is -0.469 e. The standard InChI is InChI=1S/C13H11NO3/c1-9-11(4-7-17-9)13(16)8-12(15)10-2-5-14-6-3-10/h2-7H,8H2,1H3. The first-order chi connectivity index (χ1) is 8.18. The van der Waals surface area contributed by atoms with Crippen LogP contribution in [-0.4, -0.2) is 16.6 Å². The Hall–Kier alpha value is -2.23. The van der Waals surface area contributed by atoms with Crippen LogP contribution in [0.25, 0.3) is 0 Å². The van der Waals surface area contributed by atoms with Gasteiger partial charge in [-0.3, -0.25) is 14.6 Å². The lowest BCUT2D eigenvalue weighted by atomic mass is 10.0. The van der Waals surface area contributed by atoms with E-state index in [1.54, 1.807) is 25.1 Å². The average Bonchev–Trinajstić information content (AvgIpc) is 2.76. The number of aromatic nitrogens is 1. The van der Waals surface area contributed by atoms with Crippen molar-refractivity contribution in [2.75, 3.05) is 0 Å². The Kier molecular flexibility index (Phi) is 3.14. The van der Waals surface area contributed by atoms with Gasteiger partial charge in [-0.15, -0.1) is 0 Å². The molecule has 2 aromatic rings. The maximum absolute atomic E-state index is 11.8. The van der Waals surface area contributed by atoms with E-state index in [4.69, 9.17) is 4.42 Å². The second-order valence-electron chi connectivity index (χ2n) is 3.65. The van der Waals surface area contributed by atoms with Gasteiger partial charge in [-0.05, 0) is 25.1 Å². The molecule has 0 aromatic carbocycles.